The molecule has 0 aliphatic carbocycles. The first-order valence-electron chi connectivity index (χ1n) is 8.17. The van der Waals surface area contributed by atoms with Crippen molar-refractivity contribution in [2.45, 2.75) is 19.6 Å². The van der Waals surface area contributed by atoms with Crippen molar-refractivity contribution >= 4 is 28.9 Å². The highest BCUT2D eigenvalue weighted by molar-refractivity contribution is 7.09. The molecule has 0 amide bonds. The lowest BCUT2D eigenvalue weighted by Crippen LogP contribution is -2.40. The summed E-state index contributed by atoms with van der Waals surface area (Å²) in [6, 6.07) is 3.51. The van der Waals surface area contributed by atoms with Crippen LogP contribution in [0.25, 0.3) is 0 Å². The predicted octanol–water partition coefficient (Wildman–Crippen LogP) is 2.99. The van der Waals surface area contributed by atoms with Gasteiger partial charge in [-0.05, 0) is 19.1 Å². The molecule has 0 fully saturated rings. The van der Waals surface area contributed by atoms with Crippen molar-refractivity contribution in [2.75, 3.05) is 34.4 Å². The van der Waals surface area contributed by atoms with Crippen LogP contribution in [0.3, 0.4) is 0 Å². The van der Waals surface area contributed by atoms with Gasteiger partial charge in [-0.3, -0.25) is 4.99 Å². The number of guanidine groups is 1. The average molecular weight is 398 g/mol. The van der Waals surface area contributed by atoms with Crippen molar-refractivity contribution in [3.63, 3.8) is 0 Å². The van der Waals surface area contributed by atoms with E-state index in [9.17, 15) is 0 Å². The van der Waals surface area contributed by atoms with Crippen LogP contribution in [0.15, 0.2) is 28.7 Å². The van der Waals surface area contributed by atoms with E-state index >= 15 is 0 Å². The number of aliphatic imine (C=N–C) groups is 1. The third-order valence-corrected chi connectivity index (χ3v) is 4.93. The van der Waals surface area contributed by atoms with E-state index in [2.05, 4.69) is 20.3 Å². The molecular formula is C17H24ClN5O2S. The van der Waals surface area contributed by atoms with Gasteiger partial charge in [-0.1, -0.05) is 11.6 Å². The molecule has 0 aliphatic rings. The van der Waals surface area contributed by atoms with Gasteiger partial charge in [-0.25, -0.2) is 9.97 Å². The minimum absolute atomic E-state index is 0.00654. The quantitative estimate of drug-likeness (QED) is 0.419. The van der Waals surface area contributed by atoms with E-state index in [1.807, 2.05) is 24.3 Å². The van der Waals surface area contributed by atoms with Crippen molar-refractivity contribution in [1.29, 1.82) is 0 Å². The minimum atomic E-state index is 0.00654. The number of aromatic nitrogens is 2. The van der Waals surface area contributed by atoms with Crippen LogP contribution in [0, 0.1) is 0 Å². The Hall–Kier alpha value is -1.90. The predicted molar refractivity (Wildman–Crippen MR) is 105 cm³/mol. The normalized spacial score (nSPS) is 12.7. The average Bonchev–Trinajstić information content (AvgIpc) is 3.10. The molecule has 7 nitrogen and oxygen atoms in total. The van der Waals surface area contributed by atoms with Crippen molar-refractivity contribution < 1.29 is 9.47 Å². The summed E-state index contributed by atoms with van der Waals surface area (Å²) in [7, 11) is 5.39. The lowest BCUT2D eigenvalue weighted by molar-refractivity contribution is 0.119. The Balaban J connectivity index is 1.80. The van der Waals surface area contributed by atoms with E-state index < -0.39 is 0 Å². The maximum absolute atomic E-state index is 6.01. The zero-order chi connectivity index (χ0) is 18.9. The maximum atomic E-state index is 6.01. The van der Waals surface area contributed by atoms with Gasteiger partial charge in [-0.2, -0.15) is 0 Å². The van der Waals surface area contributed by atoms with Gasteiger partial charge in [0.15, 0.2) is 5.96 Å². The van der Waals surface area contributed by atoms with Gasteiger partial charge in [0.1, 0.15) is 22.7 Å². The van der Waals surface area contributed by atoms with Gasteiger partial charge in [0.05, 0.1) is 18.8 Å². The molecule has 2 aromatic rings. The van der Waals surface area contributed by atoms with E-state index in [1.54, 1.807) is 43.8 Å². The largest absolute Gasteiger partial charge is 0.475 e. The molecule has 2 aromatic heterocycles. The number of rotatable bonds is 8. The second-order valence-electron chi connectivity index (χ2n) is 5.52. The van der Waals surface area contributed by atoms with Crippen LogP contribution in [0.5, 0.6) is 5.88 Å². The van der Waals surface area contributed by atoms with Crippen LogP contribution in [0.4, 0.5) is 0 Å². The van der Waals surface area contributed by atoms with E-state index in [0.717, 1.165) is 16.7 Å². The van der Waals surface area contributed by atoms with Gasteiger partial charge >= 0.3 is 0 Å². The topological polar surface area (TPSA) is 71.9 Å². The van der Waals surface area contributed by atoms with Gasteiger partial charge < -0.3 is 19.7 Å². The van der Waals surface area contributed by atoms with Crippen molar-refractivity contribution in [2.24, 2.45) is 4.99 Å². The van der Waals surface area contributed by atoms with Crippen molar-refractivity contribution in [3.05, 3.63) is 39.4 Å². The first kappa shape index (κ1) is 20.4. The van der Waals surface area contributed by atoms with E-state index in [4.69, 9.17) is 21.1 Å². The van der Waals surface area contributed by atoms with Crippen LogP contribution in [-0.2, 0) is 11.3 Å². The van der Waals surface area contributed by atoms with Crippen molar-refractivity contribution in [1.82, 2.24) is 20.2 Å². The van der Waals surface area contributed by atoms with Crippen LogP contribution in [0.2, 0.25) is 5.02 Å². The zero-order valence-corrected chi connectivity index (χ0v) is 17.0. The number of pyridine rings is 1. The number of methoxy groups -OCH3 is 1. The lowest BCUT2D eigenvalue weighted by Gasteiger charge is -2.21. The summed E-state index contributed by atoms with van der Waals surface area (Å²) in [6.45, 7) is 3.64. The maximum Gasteiger partial charge on any atom is 0.232 e. The summed E-state index contributed by atoms with van der Waals surface area (Å²) in [6.07, 6.45) is 1.65. The molecule has 2 heterocycles. The number of nitrogens with zero attached hydrogens (tertiary/aromatic N) is 4. The molecule has 0 saturated heterocycles. The molecule has 2 rings (SSSR count). The fourth-order valence-corrected chi connectivity index (χ4v) is 3.19. The number of hydrogen-bond acceptors (Lipinski definition) is 6. The first-order valence-corrected chi connectivity index (χ1v) is 9.43. The fourth-order valence-electron chi connectivity index (χ4n) is 2.17. The first-order chi connectivity index (χ1) is 12.5. The Bertz CT molecular complexity index is 725. The standard InChI is InChI=1S/C17H24ClN5O2S/c1-12(24-4)16-22-13(11-26-16)10-23(3)17(19-2)21-8-9-25-15-14(18)6-5-7-20-15/h5-7,11-12H,8-10H2,1-4H3,(H,19,21). The summed E-state index contributed by atoms with van der Waals surface area (Å²) in [4.78, 5) is 15.0. The molecule has 0 aliphatic heterocycles. The Kier molecular flexibility index (Phi) is 8.08. The Labute approximate surface area is 163 Å². The molecule has 0 spiro atoms. The Morgan fingerprint density at radius 1 is 1.50 bits per heavy atom. The summed E-state index contributed by atoms with van der Waals surface area (Å²) in [5.41, 5.74) is 0.982. The highest BCUT2D eigenvalue weighted by atomic mass is 35.5. The minimum Gasteiger partial charge on any atom is -0.475 e. The number of hydrogen-bond donors (Lipinski definition) is 1. The monoisotopic (exact) mass is 397 g/mol. The molecule has 0 saturated carbocycles. The summed E-state index contributed by atoms with van der Waals surface area (Å²) < 4.78 is 10.9. The molecule has 0 aromatic carbocycles. The summed E-state index contributed by atoms with van der Waals surface area (Å²) in [5.74, 6) is 1.19. The highest BCUT2D eigenvalue weighted by Crippen LogP contribution is 2.21. The van der Waals surface area contributed by atoms with Crippen LogP contribution in [0.1, 0.15) is 23.7 Å². The van der Waals surface area contributed by atoms with Crippen molar-refractivity contribution in [3.8, 4) is 5.88 Å². The smallest absolute Gasteiger partial charge is 0.232 e. The number of thiazole rings is 1. The molecule has 1 atom stereocenters. The third-order valence-electron chi connectivity index (χ3n) is 3.59. The number of nitrogens with one attached hydrogen (secondary N) is 1. The number of ether oxygens (including phenoxy) is 2. The van der Waals surface area contributed by atoms with E-state index in [0.29, 0.717) is 30.6 Å². The zero-order valence-electron chi connectivity index (χ0n) is 15.4. The summed E-state index contributed by atoms with van der Waals surface area (Å²) >= 11 is 7.62. The van der Waals surface area contributed by atoms with E-state index in [-0.39, 0.29) is 6.10 Å². The van der Waals surface area contributed by atoms with E-state index in [1.165, 1.54) is 0 Å². The lowest BCUT2D eigenvalue weighted by atomic mass is 10.4. The SMILES string of the molecule is CN=C(NCCOc1ncccc1Cl)N(C)Cc1csc(C(C)OC)n1. The number of halogens is 1. The Morgan fingerprint density at radius 2 is 2.31 bits per heavy atom. The molecule has 9 heteroatoms. The molecule has 0 bridgehead atoms. The highest BCUT2D eigenvalue weighted by Gasteiger charge is 2.12. The van der Waals surface area contributed by atoms with Gasteiger partial charge in [0, 0.05) is 32.8 Å². The summed E-state index contributed by atoms with van der Waals surface area (Å²) in [5, 5.41) is 6.76. The second kappa shape index (κ2) is 10.3. The van der Waals surface area contributed by atoms with Crippen LogP contribution in [-0.4, -0.2) is 55.2 Å². The fraction of sp³-hybridized carbons (Fsp3) is 0.471. The Morgan fingerprint density at radius 3 is 3.00 bits per heavy atom. The molecule has 26 heavy (non-hydrogen) atoms. The van der Waals surface area contributed by atoms with Gasteiger partial charge in [0.25, 0.3) is 0 Å². The molecule has 1 unspecified atom stereocenters. The third kappa shape index (κ3) is 5.82. The second-order valence-corrected chi connectivity index (χ2v) is 6.82. The molecule has 0 radical (unpaired) electrons. The van der Waals surface area contributed by atoms with Crippen LogP contribution >= 0.6 is 22.9 Å². The van der Waals surface area contributed by atoms with Gasteiger partial charge in [0.2, 0.25) is 5.88 Å². The molecule has 1 N–H and O–H groups in total. The molecule has 142 valence electrons. The van der Waals surface area contributed by atoms with Crippen LogP contribution < -0.4 is 10.1 Å². The van der Waals surface area contributed by atoms with Gasteiger partial charge in [-0.15, -0.1) is 11.3 Å². The molecular weight excluding hydrogens is 374 g/mol.